The van der Waals surface area contributed by atoms with Crippen molar-refractivity contribution in [3.8, 4) is 0 Å². The number of anilines is 3. The third-order valence-corrected chi connectivity index (χ3v) is 7.41. The molecule has 0 saturated heterocycles. The van der Waals surface area contributed by atoms with Gasteiger partial charge in [0.2, 0.25) is 5.91 Å². The molecule has 3 N–H and O–H groups in total. The average molecular weight is 642 g/mol. The molecular weight excluding hydrogens is 602 g/mol. The van der Waals surface area contributed by atoms with Crippen LogP contribution in [-0.4, -0.2) is 67.8 Å². The standard InChI is InChI=1S/C35H39N5O7/c1-6-47-30(42)19-36-31(43)23-13-11-14-24(18-23)37-34(46)38-26-20-40(33(45)35(3,4)5)28-17-10-9-16-27(28)39(32(26)44)21-29(41)25-15-8-7-12-22(25)2/h7-18,26H,6,19-21H2,1-5H3,(H,36,43)(H2,37,38,46). The summed E-state index contributed by atoms with van der Waals surface area (Å²) in [5, 5.41) is 7.77. The Bertz CT molecular complexity index is 1700. The number of esters is 1. The Hall–Kier alpha value is -5.52. The summed E-state index contributed by atoms with van der Waals surface area (Å²) in [4.78, 5) is 81.7. The minimum atomic E-state index is -1.24. The van der Waals surface area contributed by atoms with E-state index in [0.29, 0.717) is 16.9 Å². The second kappa shape index (κ2) is 14.7. The molecule has 12 nitrogen and oxygen atoms in total. The van der Waals surface area contributed by atoms with Gasteiger partial charge in [-0.05, 0) is 49.7 Å². The number of ketones is 1. The monoisotopic (exact) mass is 641 g/mol. The zero-order valence-corrected chi connectivity index (χ0v) is 27.1. The van der Waals surface area contributed by atoms with Gasteiger partial charge in [0.25, 0.3) is 11.8 Å². The van der Waals surface area contributed by atoms with Gasteiger partial charge in [-0.25, -0.2) is 4.79 Å². The molecule has 12 heteroatoms. The minimum Gasteiger partial charge on any atom is -0.465 e. The number of hydrogen-bond acceptors (Lipinski definition) is 7. The third kappa shape index (κ3) is 8.40. The first-order chi connectivity index (χ1) is 22.3. The lowest BCUT2D eigenvalue weighted by molar-refractivity contribution is -0.141. The van der Waals surface area contributed by atoms with E-state index in [1.165, 1.54) is 21.9 Å². The van der Waals surface area contributed by atoms with Crippen LogP contribution in [0.4, 0.5) is 21.9 Å². The molecule has 0 fully saturated rings. The third-order valence-electron chi connectivity index (χ3n) is 7.41. The van der Waals surface area contributed by atoms with E-state index in [1.54, 1.807) is 76.2 Å². The molecule has 0 bridgehead atoms. The number of aryl methyl sites for hydroxylation is 1. The maximum Gasteiger partial charge on any atom is 0.325 e. The number of hydrogen-bond donors (Lipinski definition) is 3. The van der Waals surface area contributed by atoms with E-state index in [-0.39, 0.29) is 49.2 Å². The molecule has 1 heterocycles. The van der Waals surface area contributed by atoms with Crippen LogP contribution in [0.25, 0.3) is 0 Å². The zero-order valence-electron chi connectivity index (χ0n) is 27.1. The number of ether oxygens (including phenoxy) is 1. The van der Waals surface area contributed by atoms with Crippen molar-refractivity contribution in [2.75, 3.05) is 41.4 Å². The Balaban J connectivity index is 1.61. The van der Waals surface area contributed by atoms with Gasteiger partial charge in [0, 0.05) is 22.2 Å². The number of urea groups is 1. The van der Waals surface area contributed by atoms with Gasteiger partial charge in [-0.3, -0.25) is 24.0 Å². The largest absolute Gasteiger partial charge is 0.465 e. The van der Waals surface area contributed by atoms with Crippen LogP contribution in [0, 0.1) is 12.3 Å². The summed E-state index contributed by atoms with van der Waals surface area (Å²) >= 11 is 0. The molecule has 0 aromatic heterocycles. The van der Waals surface area contributed by atoms with Crippen LogP contribution < -0.4 is 25.8 Å². The summed E-state index contributed by atoms with van der Waals surface area (Å²) in [6.07, 6.45) is 0. The van der Waals surface area contributed by atoms with Crippen molar-refractivity contribution in [1.82, 2.24) is 10.6 Å². The molecule has 1 unspecified atom stereocenters. The fraction of sp³-hybridized carbons (Fsp3) is 0.314. The molecule has 3 aromatic carbocycles. The second-order valence-electron chi connectivity index (χ2n) is 12.0. The Morgan fingerprint density at radius 3 is 2.28 bits per heavy atom. The van der Waals surface area contributed by atoms with Gasteiger partial charge in [0.15, 0.2) is 5.78 Å². The number of para-hydroxylation sites is 2. The molecule has 1 atom stereocenters. The van der Waals surface area contributed by atoms with E-state index < -0.39 is 35.3 Å². The molecule has 246 valence electrons. The SMILES string of the molecule is CCOC(=O)CNC(=O)c1cccc(NC(=O)NC2CN(C(=O)C(C)(C)C)c3ccccc3N(CC(=O)c3ccccc3C)C2=O)c1. The number of amides is 5. The van der Waals surface area contributed by atoms with Crippen molar-refractivity contribution in [3.63, 3.8) is 0 Å². The van der Waals surface area contributed by atoms with E-state index in [0.717, 1.165) is 5.56 Å². The molecular formula is C35H39N5O7. The van der Waals surface area contributed by atoms with Crippen molar-refractivity contribution < 1.29 is 33.5 Å². The average Bonchev–Trinajstić information content (AvgIpc) is 3.14. The number of rotatable bonds is 9. The first-order valence-electron chi connectivity index (χ1n) is 15.2. The fourth-order valence-electron chi connectivity index (χ4n) is 5.10. The highest BCUT2D eigenvalue weighted by Gasteiger charge is 2.40. The maximum absolute atomic E-state index is 14.2. The summed E-state index contributed by atoms with van der Waals surface area (Å²) in [6.45, 7) is 8.10. The lowest BCUT2D eigenvalue weighted by Gasteiger charge is -2.30. The highest BCUT2D eigenvalue weighted by atomic mass is 16.5. The molecule has 0 aliphatic carbocycles. The maximum atomic E-state index is 14.2. The molecule has 5 amide bonds. The molecule has 3 aromatic rings. The summed E-state index contributed by atoms with van der Waals surface area (Å²) < 4.78 is 4.82. The summed E-state index contributed by atoms with van der Waals surface area (Å²) in [6, 6.07) is 17.9. The van der Waals surface area contributed by atoms with Crippen LogP contribution in [0.3, 0.4) is 0 Å². The van der Waals surface area contributed by atoms with Gasteiger partial charge in [-0.1, -0.05) is 63.2 Å². The summed E-state index contributed by atoms with van der Waals surface area (Å²) in [5.74, 6) is -2.30. The Morgan fingerprint density at radius 2 is 1.60 bits per heavy atom. The van der Waals surface area contributed by atoms with Crippen LogP contribution in [0.1, 0.15) is 54.0 Å². The van der Waals surface area contributed by atoms with E-state index >= 15 is 0 Å². The molecule has 1 aliphatic heterocycles. The van der Waals surface area contributed by atoms with Crippen LogP contribution >= 0.6 is 0 Å². The van der Waals surface area contributed by atoms with Crippen LogP contribution in [-0.2, 0) is 19.1 Å². The van der Waals surface area contributed by atoms with Crippen molar-refractivity contribution in [2.45, 2.75) is 40.7 Å². The van der Waals surface area contributed by atoms with Gasteiger partial charge in [0.05, 0.1) is 31.1 Å². The number of nitrogens with zero attached hydrogens (tertiary/aromatic N) is 2. The smallest absolute Gasteiger partial charge is 0.325 e. The normalized spacial score (nSPS) is 14.4. The van der Waals surface area contributed by atoms with Crippen LogP contribution in [0.2, 0.25) is 0 Å². The Morgan fingerprint density at radius 1 is 0.915 bits per heavy atom. The van der Waals surface area contributed by atoms with Crippen LogP contribution in [0.5, 0.6) is 0 Å². The fourth-order valence-corrected chi connectivity index (χ4v) is 5.10. The van der Waals surface area contributed by atoms with Crippen molar-refractivity contribution >= 4 is 52.6 Å². The molecule has 1 aliphatic rings. The van der Waals surface area contributed by atoms with Gasteiger partial charge in [-0.2, -0.15) is 0 Å². The lowest BCUT2D eigenvalue weighted by atomic mass is 9.94. The topological polar surface area (TPSA) is 154 Å². The van der Waals surface area contributed by atoms with E-state index in [2.05, 4.69) is 16.0 Å². The molecule has 0 saturated carbocycles. The summed E-state index contributed by atoms with van der Waals surface area (Å²) in [5.41, 5.74) is 1.60. The Labute approximate surface area is 273 Å². The van der Waals surface area contributed by atoms with Crippen molar-refractivity contribution in [3.05, 3.63) is 89.5 Å². The second-order valence-corrected chi connectivity index (χ2v) is 12.0. The highest BCUT2D eigenvalue weighted by molar-refractivity contribution is 6.13. The summed E-state index contributed by atoms with van der Waals surface area (Å²) in [7, 11) is 0. The molecule has 0 spiro atoms. The van der Waals surface area contributed by atoms with Crippen molar-refractivity contribution in [2.24, 2.45) is 5.41 Å². The molecule has 0 radical (unpaired) electrons. The number of benzene rings is 3. The van der Waals surface area contributed by atoms with Gasteiger partial charge in [-0.15, -0.1) is 0 Å². The highest BCUT2D eigenvalue weighted by Crippen LogP contribution is 2.35. The first-order valence-corrected chi connectivity index (χ1v) is 15.2. The van der Waals surface area contributed by atoms with Gasteiger partial charge in [0.1, 0.15) is 12.6 Å². The van der Waals surface area contributed by atoms with E-state index in [1.807, 2.05) is 19.1 Å². The first kappa shape index (κ1) is 34.4. The number of nitrogens with one attached hydrogen (secondary N) is 3. The predicted octanol–water partition coefficient (Wildman–Crippen LogP) is 4.09. The number of fused-ring (bicyclic) bond motifs is 1. The van der Waals surface area contributed by atoms with Crippen molar-refractivity contribution in [1.29, 1.82) is 0 Å². The number of Topliss-reactive ketones (excluding diaryl/α,β-unsaturated/α-hetero) is 1. The van der Waals surface area contributed by atoms with Crippen LogP contribution in [0.15, 0.2) is 72.8 Å². The molecule has 47 heavy (non-hydrogen) atoms. The van der Waals surface area contributed by atoms with E-state index in [4.69, 9.17) is 4.74 Å². The zero-order chi connectivity index (χ0) is 34.3. The van der Waals surface area contributed by atoms with E-state index in [9.17, 15) is 28.8 Å². The lowest BCUT2D eigenvalue weighted by Crippen LogP contribution is -2.55. The number of carbonyl (C=O) groups is 6. The quantitative estimate of drug-likeness (QED) is 0.235. The minimum absolute atomic E-state index is 0.177. The number of carbonyl (C=O) groups excluding carboxylic acids is 6. The van der Waals surface area contributed by atoms with Gasteiger partial charge < -0.3 is 30.5 Å². The Kier molecular flexibility index (Phi) is 10.8. The van der Waals surface area contributed by atoms with Gasteiger partial charge >= 0.3 is 12.0 Å². The predicted molar refractivity (Wildman–Crippen MR) is 177 cm³/mol. The molecule has 4 rings (SSSR count).